The van der Waals surface area contributed by atoms with Crippen LogP contribution in [0.2, 0.25) is 0 Å². The third-order valence-corrected chi connectivity index (χ3v) is 4.65. The van der Waals surface area contributed by atoms with Crippen molar-refractivity contribution in [1.29, 1.82) is 0 Å². The van der Waals surface area contributed by atoms with Crippen LogP contribution in [0.3, 0.4) is 0 Å². The molecule has 0 radical (unpaired) electrons. The third-order valence-electron chi connectivity index (χ3n) is 3.71. The fourth-order valence-corrected chi connectivity index (χ4v) is 3.24. The lowest BCUT2D eigenvalue weighted by Crippen LogP contribution is -2.32. The summed E-state index contributed by atoms with van der Waals surface area (Å²) in [5, 5.41) is 4.97. The van der Waals surface area contributed by atoms with Gasteiger partial charge in [-0.15, -0.1) is 11.3 Å². The van der Waals surface area contributed by atoms with Crippen LogP contribution in [0.5, 0.6) is 5.75 Å². The number of benzene rings is 2. The second-order valence-electron chi connectivity index (χ2n) is 5.67. The van der Waals surface area contributed by atoms with E-state index in [1.54, 1.807) is 23.5 Å². The molecule has 1 amide bonds. The lowest BCUT2D eigenvalue weighted by Gasteiger charge is -2.18. The van der Waals surface area contributed by atoms with E-state index >= 15 is 0 Å². The van der Waals surface area contributed by atoms with Crippen LogP contribution in [-0.4, -0.2) is 12.5 Å². The molecule has 2 aromatic carbocycles. The van der Waals surface area contributed by atoms with Gasteiger partial charge in [-0.2, -0.15) is 0 Å². The largest absolute Gasteiger partial charge is 0.484 e. The van der Waals surface area contributed by atoms with Gasteiger partial charge in [0.05, 0.1) is 6.04 Å². The predicted octanol–water partition coefficient (Wildman–Crippen LogP) is 4.48. The maximum Gasteiger partial charge on any atom is 0.258 e. The smallest absolute Gasteiger partial charge is 0.258 e. The number of hydrogen-bond donors (Lipinski definition) is 1. The molecule has 25 heavy (non-hydrogen) atoms. The van der Waals surface area contributed by atoms with E-state index in [0.29, 0.717) is 5.75 Å². The Labute approximate surface area is 150 Å². The summed E-state index contributed by atoms with van der Waals surface area (Å²) in [5.74, 6) is -0.324. The molecule has 0 aliphatic carbocycles. The summed E-state index contributed by atoms with van der Waals surface area (Å²) in [7, 11) is 0. The van der Waals surface area contributed by atoms with Crippen LogP contribution in [0.25, 0.3) is 0 Å². The van der Waals surface area contributed by atoms with Gasteiger partial charge in [0.1, 0.15) is 11.6 Å². The number of nitrogens with one attached hydrogen (secondary N) is 1. The Hall–Kier alpha value is -2.66. The zero-order valence-corrected chi connectivity index (χ0v) is 14.6. The van der Waals surface area contributed by atoms with Crippen LogP contribution in [0.15, 0.2) is 66.0 Å². The van der Waals surface area contributed by atoms with E-state index in [1.807, 2.05) is 48.7 Å². The molecule has 3 rings (SSSR count). The Kier molecular flexibility index (Phi) is 5.46. The van der Waals surface area contributed by atoms with Gasteiger partial charge in [-0.25, -0.2) is 4.39 Å². The number of ether oxygens (including phenoxy) is 1. The number of aryl methyl sites for hydroxylation is 1. The maximum absolute atomic E-state index is 13.2. The second-order valence-corrected chi connectivity index (χ2v) is 6.65. The van der Waals surface area contributed by atoms with E-state index in [0.717, 1.165) is 16.0 Å². The van der Waals surface area contributed by atoms with E-state index in [2.05, 4.69) is 5.32 Å². The Morgan fingerprint density at radius 3 is 2.64 bits per heavy atom. The molecule has 1 heterocycles. The van der Waals surface area contributed by atoms with Crippen molar-refractivity contribution in [2.75, 3.05) is 6.61 Å². The molecule has 0 aliphatic heterocycles. The molecule has 3 nitrogen and oxygen atoms in total. The number of carbonyl (C=O) groups is 1. The Balaban J connectivity index is 1.69. The molecule has 1 aromatic heterocycles. The highest BCUT2D eigenvalue weighted by Gasteiger charge is 2.18. The van der Waals surface area contributed by atoms with Crippen molar-refractivity contribution >= 4 is 17.2 Å². The van der Waals surface area contributed by atoms with E-state index in [4.69, 9.17) is 4.74 Å². The van der Waals surface area contributed by atoms with E-state index < -0.39 is 5.82 Å². The molecule has 0 fully saturated rings. The van der Waals surface area contributed by atoms with Gasteiger partial charge in [0.15, 0.2) is 6.61 Å². The molecule has 5 heteroatoms. The molecule has 0 saturated heterocycles. The maximum atomic E-state index is 13.2. The van der Waals surface area contributed by atoms with Gasteiger partial charge in [0, 0.05) is 10.9 Å². The average molecular weight is 355 g/mol. The topological polar surface area (TPSA) is 38.3 Å². The summed E-state index contributed by atoms with van der Waals surface area (Å²) in [6, 6.07) is 17.5. The van der Waals surface area contributed by atoms with E-state index in [-0.39, 0.29) is 18.6 Å². The second kappa shape index (κ2) is 7.94. The van der Waals surface area contributed by atoms with Crippen molar-refractivity contribution in [3.8, 4) is 5.75 Å². The van der Waals surface area contributed by atoms with Gasteiger partial charge in [-0.3, -0.25) is 4.79 Å². The third kappa shape index (κ3) is 4.67. The van der Waals surface area contributed by atoms with Crippen LogP contribution in [0, 0.1) is 12.7 Å². The fraction of sp³-hybridized carbons (Fsp3) is 0.150. The monoisotopic (exact) mass is 355 g/mol. The highest BCUT2D eigenvalue weighted by Crippen LogP contribution is 2.26. The van der Waals surface area contributed by atoms with Gasteiger partial charge >= 0.3 is 0 Å². The number of halogens is 1. The quantitative estimate of drug-likeness (QED) is 0.708. The summed E-state index contributed by atoms with van der Waals surface area (Å²) in [5.41, 5.74) is 2.17. The molecule has 0 aliphatic rings. The molecule has 128 valence electrons. The first-order chi connectivity index (χ1) is 12.1. The number of carbonyl (C=O) groups excluding carboxylic acids is 1. The molecular weight excluding hydrogens is 337 g/mol. The predicted molar refractivity (Wildman–Crippen MR) is 97.4 cm³/mol. The Morgan fingerprint density at radius 2 is 1.96 bits per heavy atom. The van der Waals surface area contributed by atoms with Gasteiger partial charge in [-0.05, 0) is 36.1 Å². The van der Waals surface area contributed by atoms with Crippen LogP contribution in [-0.2, 0) is 4.79 Å². The summed E-state index contributed by atoms with van der Waals surface area (Å²) in [6.45, 7) is 1.85. The average Bonchev–Trinajstić information content (AvgIpc) is 3.13. The molecular formula is C20H18FNO2S. The molecule has 0 spiro atoms. The summed E-state index contributed by atoms with van der Waals surface area (Å²) >= 11 is 1.58. The first kappa shape index (κ1) is 17.2. The van der Waals surface area contributed by atoms with Crippen LogP contribution in [0.4, 0.5) is 4.39 Å². The van der Waals surface area contributed by atoms with Crippen molar-refractivity contribution in [3.63, 3.8) is 0 Å². The Bertz CT molecular complexity index is 831. The molecule has 1 atom stereocenters. The highest BCUT2D eigenvalue weighted by molar-refractivity contribution is 7.10. The molecule has 1 N–H and O–H groups in total. The number of thiophene rings is 1. The first-order valence-electron chi connectivity index (χ1n) is 7.89. The minimum absolute atomic E-state index is 0.169. The van der Waals surface area contributed by atoms with Crippen molar-refractivity contribution in [1.82, 2.24) is 5.32 Å². The zero-order valence-electron chi connectivity index (χ0n) is 13.7. The lowest BCUT2D eigenvalue weighted by molar-refractivity contribution is -0.123. The van der Waals surface area contributed by atoms with Crippen molar-refractivity contribution in [3.05, 3.63) is 87.9 Å². The lowest BCUT2D eigenvalue weighted by atomic mass is 10.0. The minimum atomic E-state index is -0.394. The van der Waals surface area contributed by atoms with Crippen molar-refractivity contribution in [2.24, 2.45) is 0 Å². The van der Waals surface area contributed by atoms with Gasteiger partial charge < -0.3 is 10.1 Å². The number of rotatable bonds is 6. The summed E-state index contributed by atoms with van der Waals surface area (Å²) in [4.78, 5) is 13.4. The normalized spacial score (nSPS) is 11.8. The summed E-state index contributed by atoms with van der Waals surface area (Å²) in [6.07, 6.45) is 0. The van der Waals surface area contributed by atoms with E-state index in [9.17, 15) is 9.18 Å². The SMILES string of the molecule is Cc1ccc([C@H](NC(=O)COc2cccc(F)c2)c2cccs2)cc1. The number of amides is 1. The van der Waals surface area contributed by atoms with E-state index in [1.165, 1.54) is 12.1 Å². The van der Waals surface area contributed by atoms with Crippen LogP contribution >= 0.6 is 11.3 Å². The number of hydrogen-bond acceptors (Lipinski definition) is 3. The van der Waals surface area contributed by atoms with Crippen LogP contribution < -0.4 is 10.1 Å². The first-order valence-corrected chi connectivity index (χ1v) is 8.77. The van der Waals surface area contributed by atoms with Crippen molar-refractivity contribution < 1.29 is 13.9 Å². The molecule has 0 bridgehead atoms. The minimum Gasteiger partial charge on any atom is -0.484 e. The summed E-state index contributed by atoms with van der Waals surface area (Å²) < 4.78 is 18.5. The standard InChI is InChI=1S/C20H18FNO2S/c1-14-7-9-15(10-8-14)20(18-6-3-11-25-18)22-19(23)13-24-17-5-2-4-16(21)12-17/h2-12,20H,13H2,1H3,(H,22,23)/t20-/m0/s1. The van der Waals surface area contributed by atoms with Gasteiger partial charge in [0.25, 0.3) is 5.91 Å². The van der Waals surface area contributed by atoms with Gasteiger partial charge in [-0.1, -0.05) is 42.0 Å². The van der Waals surface area contributed by atoms with Crippen molar-refractivity contribution in [2.45, 2.75) is 13.0 Å². The van der Waals surface area contributed by atoms with Gasteiger partial charge in [0.2, 0.25) is 0 Å². The Morgan fingerprint density at radius 1 is 1.16 bits per heavy atom. The zero-order chi connectivity index (χ0) is 17.6. The molecule has 3 aromatic rings. The fourth-order valence-electron chi connectivity index (χ4n) is 2.44. The molecule has 0 unspecified atom stereocenters. The van der Waals surface area contributed by atoms with Crippen LogP contribution in [0.1, 0.15) is 22.0 Å². The molecule has 0 saturated carbocycles. The highest BCUT2D eigenvalue weighted by atomic mass is 32.1.